The molecule has 2 aliphatic heterocycles. The first kappa shape index (κ1) is 21.5. The van der Waals surface area contributed by atoms with Crippen LogP contribution in [0.25, 0.3) is 22.6 Å². The molecular formula is C22H29N5O3. The molecule has 3 rings (SSSR count). The third-order valence-electron chi connectivity index (χ3n) is 5.26. The Labute approximate surface area is 175 Å². The van der Waals surface area contributed by atoms with Crippen LogP contribution in [-0.4, -0.2) is 38.7 Å². The standard InChI is InChI=1S/C22H29N5O3/c1-14-12-16-18(13-17(14)26(3)4)27(11-9-7-5-6-8-10-15(2)28)20-19(23-16)21(29)25-22(30)24-20/h12-13,28H,2,5-11H2,1,3-4H3,(H,25,29,30). The van der Waals surface area contributed by atoms with E-state index in [4.69, 9.17) is 5.11 Å². The summed E-state index contributed by atoms with van der Waals surface area (Å²) in [4.78, 5) is 37.1. The van der Waals surface area contributed by atoms with Crippen LogP contribution in [0.3, 0.4) is 0 Å². The van der Waals surface area contributed by atoms with E-state index in [0.717, 1.165) is 48.9 Å². The number of hydrogen-bond acceptors (Lipinski definition) is 6. The van der Waals surface area contributed by atoms with Crippen LogP contribution < -0.4 is 16.1 Å². The number of aliphatic hydroxyl groups excluding tert-OH is 1. The van der Waals surface area contributed by atoms with Crippen molar-refractivity contribution in [1.82, 2.24) is 19.5 Å². The lowest BCUT2D eigenvalue weighted by Gasteiger charge is -2.21. The molecule has 160 valence electrons. The van der Waals surface area contributed by atoms with Gasteiger partial charge in [0.1, 0.15) is 0 Å². The van der Waals surface area contributed by atoms with E-state index in [9.17, 15) is 9.59 Å². The highest BCUT2D eigenvalue weighted by molar-refractivity contribution is 5.84. The van der Waals surface area contributed by atoms with Crippen molar-refractivity contribution in [3.8, 4) is 11.5 Å². The number of aryl methyl sites for hydroxylation is 2. The molecule has 30 heavy (non-hydrogen) atoms. The molecule has 0 atom stereocenters. The van der Waals surface area contributed by atoms with Crippen LogP contribution in [0.2, 0.25) is 0 Å². The molecular weight excluding hydrogens is 382 g/mol. The summed E-state index contributed by atoms with van der Waals surface area (Å²) >= 11 is 0. The summed E-state index contributed by atoms with van der Waals surface area (Å²) in [6.07, 6.45) is 5.50. The fourth-order valence-electron chi connectivity index (χ4n) is 3.77. The molecule has 0 fully saturated rings. The molecule has 8 nitrogen and oxygen atoms in total. The SMILES string of the molecule is C=C(O)CCCCCCCn1c2nc(=O)[nH]c(=O)c-2nc2cc(C)c(N(C)C)cc21. The summed E-state index contributed by atoms with van der Waals surface area (Å²) in [6.45, 7) is 6.15. The number of H-pyrrole nitrogens is 1. The fraction of sp³-hybridized carbons (Fsp3) is 0.455. The van der Waals surface area contributed by atoms with Gasteiger partial charge >= 0.3 is 5.69 Å². The summed E-state index contributed by atoms with van der Waals surface area (Å²) in [7, 11) is 3.96. The van der Waals surface area contributed by atoms with Gasteiger partial charge in [-0.1, -0.05) is 25.8 Å². The number of anilines is 1. The van der Waals surface area contributed by atoms with Gasteiger partial charge in [-0.25, -0.2) is 9.78 Å². The normalized spacial score (nSPS) is 11.3. The monoisotopic (exact) mass is 411 g/mol. The predicted molar refractivity (Wildman–Crippen MR) is 120 cm³/mol. The Hall–Kier alpha value is -3.16. The van der Waals surface area contributed by atoms with E-state index >= 15 is 0 Å². The minimum Gasteiger partial charge on any atom is -0.513 e. The quantitative estimate of drug-likeness (QED) is 0.318. The first-order valence-electron chi connectivity index (χ1n) is 10.3. The highest BCUT2D eigenvalue weighted by atomic mass is 16.3. The van der Waals surface area contributed by atoms with Crippen molar-refractivity contribution in [3.63, 3.8) is 0 Å². The van der Waals surface area contributed by atoms with Gasteiger partial charge < -0.3 is 14.6 Å². The summed E-state index contributed by atoms with van der Waals surface area (Å²) in [5.41, 5.74) is 2.67. The van der Waals surface area contributed by atoms with Crippen molar-refractivity contribution in [2.75, 3.05) is 19.0 Å². The Morgan fingerprint density at radius 2 is 1.83 bits per heavy atom. The summed E-state index contributed by atoms with van der Waals surface area (Å²) in [5, 5.41) is 9.16. The van der Waals surface area contributed by atoms with E-state index in [0.29, 0.717) is 24.3 Å². The van der Waals surface area contributed by atoms with E-state index < -0.39 is 11.2 Å². The predicted octanol–water partition coefficient (Wildman–Crippen LogP) is 3.37. The molecule has 0 spiro atoms. The maximum Gasteiger partial charge on any atom is 0.349 e. The number of unbranched alkanes of at least 4 members (excludes halogenated alkanes) is 4. The van der Waals surface area contributed by atoms with Gasteiger partial charge in [0.25, 0.3) is 5.56 Å². The number of rotatable bonds is 9. The third kappa shape index (κ3) is 4.69. The first-order valence-corrected chi connectivity index (χ1v) is 10.3. The number of nitrogens with one attached hydrogen (secondary N) is 1. The number of hydrogen-bond donors (Lipinski definition) is 2. The molecule has 2 aliphatic rings. The minimum absolute atomic E-state index is 0.181. The second kappa shape index (κ2) is 9.11. The molecule has 2 N–H and O–H groups in total. The van der Waals surface area contributed by atoms with E-state index in [1.165, 1.54) is 0 Å². The lowest BCUT2D eigenvalue weighted by Crippen LogP contribution is -2.29. The highest BCUT2D eigenvalue weighted by Crippen LogP contribution is 2.28. The van der Waals surface area contributed by atoms with Crippen LogP contribution >= 0.6 is 0 Å². The molecule has 0 saturated heterocycles. The number of nitrogens with zero attached hydrogens (tertiary/aromatic N) is 4. The smallest absolute Gasteiger partial charge is 0.349 e. The number of fused-ring (bicyclic) bond motifs is 2. The second-order valence-corrected chi connectivity index (χ2v) is 7.91. The van der Waals surface area contributed by atoms with Crippen molar-refractivity contribution in [1.29, 1.82) is 0 Å². The van der Waals surface area contributed by atoms with E-state index in [1.807, 2.05) is 42.6 Å². The zero-order valence-corrected chi connectivity index (χ0v) is 17.9. The Bertz CT molecular complexity index is 1150. The molecule has 0 bridgehead atoms. The van der Waals surface area contributed by atoms with Crippen LogP contribution in [0.15, 0.2) is 34.1 Å². The van der Waals surface area contributed by atoms with Crippen molar-refractivity contribution >= 4 is 16.7 Å². The van der Waals surface area contributed by atoms with Crippen LogP contribution in [-0.2, 0) is 6.54 Å². The van der Waals surface area contributed by atoms with E-state index in [-0.39, 0.29) is 11.5 Å². The molecule has 0 aromatic heterocycles. The number of aliphatic hydroxyl groups is 1. The molecule has 0 amide bonds. The third-order valence-corrected chi connectivity index (χ3v) is 5.26. The Morgan fingerprint density at radius 3 is 2.53 bits per heavy atom. The number of benzene rings is 1. The van der Waals surface area contributed by atoms with Gasteiger partial charge in [0.2, 0.25) is 0 Å². The first-order chi connectivity index (χ1) is 14.3. The van der Waals surface area contributed by atoms with Gasteiger partial charge in [0.05, 0.1) is 16.8 Å². The van der Waals surface area contributed by atoms with Gasteiger partial charge in [-0.05, 0) is 37.5 Å². The number of aromatic nitrogens is 4. The van der Waals surface area contributed by atoms with E-state index in [1.54, 1.807) is 0 Å². The van der Waals surface area contributed by atoms with Gasteiger partial charge in [-0.15, -0.1) is 0 Å². The van der Waals surface area contributed by atoms with Crippen LogP contribution in [0.4, 0.5) is 5.69 Å². The summed E-state index contributed by atoms with van der Waals surface area (Å²) < 4.78 is 1.94. The zero-order valence-electron chi connectivity index (χ0n) is 17.9. The Balaban J connectivity index is 1.96. The largest absolute Gasteiger partial charge is 0.513 e. The van der Waals surface area contributed by atoms with Crippen molar-refractivity contribution in [2.45, 2.75) is 52.0 Å². The molecule has 1 aromatic rings. The van der Waals surface area contributed by atoms with Crippen LogP contribution in [0.1, 0.15) is 44.1 Å². The van der Waals surface area contributed by atoms with Gasteiger partial charge in [0.15, 0.2) is 11.5 Å². The molecule has 0 radical (unpaired) electrons. The highest BCUT2D eigenvalue weighted by Gasteiger charge is 2.19. The van der Waals surface area contributed by atoms with Crippen LogP contribution in [0, 0.1) is 6.92 Å². The lowest BCUT2D eigenvalue weighted by molar-refractivity contribution is 0.383. The summed E-state index contributed by atoms with van der Waals surface area (Å²) in [5.74, 6) is 0.554. The van der Waals surface area contributed by atoms with Gasteiger partial charge in [-0.3, -0.25) is 9.78 Å². The zero-order chi connectivity index (χ0) is 21.8. The fourth-order valence-corrected chi connectivity index (χ4v) is 3.77. The van der Waals surface area contributed by atoms with Gasteiger partial charge in [-0.2, -0.15) is 4.98 Å². The van der Waals surface area contributed by atoms with Crippen molar-refractivity contribution in [3.05, 3.63) is 50.9 Å². The minimum atomic E-state index is -0.661. The van der Waals surface area contributed by atoms with Gasteiger partial charge in [0, 0.05) is 32.7 Å². The number of aromatic amines is 1. The molecule has 0 unspecified atom stereocenters. The van der Waals surface area contributed by atoms with Crippen molar-refractivity contribution < 1.29 is 5.11 Å². The molecule has 8 heteroatoms. The van der Waals surface area contributed by atoms with E-state index in [2.05, 4.69) is 21.5 Å². The number of allylic oxidation sites excluding steroid dienone is 1. The topological polar surface area (TPSA) is 104 Å². The average Bonchev–Trinajstić information content (AvgIpc) is 2.66. The molecule has 0 aliphatic carbocycles. The molecule has 1 aromatic carbocycles. The molecule has 2 heterocycles. The Kier molecular flexibility index (Phi) is 6.54. The summed E-state index contributed by atoms with van der Waals surface area (Å²) in [6, 6.07) is 4.00. The Morgan fingerprint density at radius 1 is 1.13 bits per heavy atom. The molecule has 0 saturated carbocycles. The van der Waals surface area contributed by atoms with Crippen molar-refractivity contribution in [2.24, 2.45) is 0 Å². The van der Waals surface area contributed by atoms with Crippen LogP contribution in [0.5, 0.6) is 0 Å². The lowest BCUT2D eigenvalue weighted by atomic mass is 10.1. The second-order valence-electron chi connectivity index (χ2n) is 7.91. The average molecular weight is 412 g/mol. The maximum absolute atomic E-state index is 12.4. The maximum atomic E-state index is 12.4.